The molecule has 0 unspecified atom stereocenters. The molecule has 190 valence electrons. The molecule has 11 nitrogen and oxygen atoms in total. The zero-order chi connectivity index (χ0) is 25.9. The smallest absolute Gasteiger partial charge is 0.408 e. The lowest BCUT2D eigenvalue weighted by Crippen LogP contribution is -2.44. The number of thioether (sulfide) groups is 1. The van der Waals surface area contributed by atoms with Gasteiger partial charge in [0.25, 0.3) is 0 Å². The maximum absolute atomic E-state index is 12.7. The highest BCUT2D eigenvalue weighted by Crippen LogP contribution is 2.36. The summed E-state index contributed by atoms with van der Waals surface area (Å²) in [5.74, 6) is 0.372. The second-order valence-corrected chi connectivity index (χ2v) is 12.2. The van der Waals surface area contributed by atoms with Gasteiger partial charge in [0.2, 0.25) is 5.12 Å². The number of nitro groups is 1. The summed E-state index contributed by atoms with van der Waals surface area (Å²) in [5.41, 5.74) is -1.53. The van der Waals surface area contributed by atoms with Gasteiger partial charge in [-0.25, -0.2) is 14.6 Å². The number of hydrogen-bond acceptors (Lipinski definition) is 11. The number of carbonyl (C=O) groups excluding carboxylic acids is 3. The highest BCUT2D eigenvalue weighted by molar-refractivity contribution is 8.76. The van der Waals surface area contributed by atoms with Crippen LogP contribution < -0.4 is 10.6 Å². The highest BCUT2D eigenvalue weighted by atomic mass is 33.1. The van der Waals surface area contributed by atoms with E-state index >= 15 is 0 Å². The number of aromatic nitrogens is 1. The van der Waals surface area contributed by atoms with Gasteiger partial charge < -0.3 is 20.1 Å². The molecule has 0 spiro atoms. The second kappa shape index (κ2) is 13.6. The summed E-state index contributed by atoms with van der Waals surface area (Å²) in [6, 6.07) is 1.87. The van der Waals surface area contributed by atoms with Crippen molar-refractivity contribution in [2.45, 2.75) is 63.8 Å². The minimum Gasteiger partial charge on any atom is -0.444 e. The number of carbonyl (C=O) groups is 3. The zero-order valence-corrected chi connectivity index (χ0v) is 22.4. The zero-order valence-electron chi connectivity index (χ0n) is 19.9. The Bertz CT molecular complexity index is 872. The van der Waals surface area contributed by atoms with Crippen LogP contribution in [0.4, 0.5) is 15.3 Å². The lowest BCUT2D eigenvalue weighted by molar-refractivity contribution is -0.388. The van der Waals surface area contributed by atoms with Crippen LogP contribution in [0.1, 0.15) is 41.5 Å². The lowest BCUT2D eigenvalue weighted by atomic mass is 10.2. The number of pyridine rings is 1. The van der Waals surface area contributed by atoms with Crippen LogP contribution in [0.3, 0.4) is 0 Å². The van der Waals surface area contributed by atoms with Crippen molar-refractivity contribution in [3.63, 3.8) is 0 Å². The van der Waals surface area contributed by atoms with Crippen molar-refractivity contribution in [3.8, 4) is 0 Å². The topological polar surface area (TPSA) is 150 Å². The van der Waals surface area contributed by atoms with Crippen molar-refractivity contribution in [2.24, 2.45) is 0 Å². The minimum absolute atomic E-state index is 0.114. The summed E-state index contributed by atoms with van der Waals surface area (Å²) in [5, 5.41) is 16.1. The van der Waals surface area contributed by atoms with Gasteiger partial charge in [-0.1, -0.05) is 22.6 Å². The monoisotopic (exact) mass is 534 g/mol. The van der Waals surface area contributed by atoms with Crippen LogP contribution in [-0.2, 0) is 14.3 Å². The van der Waals surface area contributed by atoms with E-state index in [-0.39, 0.29) is 33.9 Å². The largest absolute Gasteiger partial charge is 0.444 e. The first-order valence-corrected chi connectivity index (χ1v) is 13.5. The van der Waals surface area contributed by atoms with E-state index in [1.165, 1.54) is 18.3 Å². The molecule has 2 N–H and O–H groups in total. The molecule has 0 fully saturated rings. The van der Waals surface area contributed by atoms with Crippen LogP contribution in [0, 0.1) is 10.1 Å². The maximum Gasteiger partial charge on any atom is 0.408 e. The molecule has 0 aromatic carbocycles. The predicted octanol–water partition coefficient (Wildman–Crippen LogP) is 4.41. The van der Waals surface area contributed by atoms with Crippen molar-refractivity contribution in [1.82, 2.24) is 15.6 Å². The van der Waals surface area contributed by atoms with Gasteiger partial charge in [-0.3, -0.25) is 14.9 Å². The van der Waals surface area contributed by atoms with E-state index < -0.39 is 34.4 Å². The molecular formula is C20H30N4O7S3. The van der Waals surface area contributed by atoms with Crippen molar-refractivity contribution in [2.75, 3.05) is 18.1 Å². The number of nitrogens with one attached hydrogen (secondary N) is 2. The Labute approximate surface area is 210 Å². The third-order valence-electron chi connectivity index (χ3n) is 3.31. The van der Waals surface area contributed by atoms with E-state index in [0.717, 1.165) is 33.3 Å². The first-order valence-electron chi connectivity index (χ1n) is 10.2. The summed E-state index contributed by atoms with van der Waals surface area (Å²) in [7, 11) is 2.18. The number of amides is 2. The summed E-state index contributed by atoms with van der Waals surface area (Å²) in [6.07, 6.45) is 0.0889. The Morgan fingerprint density at radius 3 is 2.32 bits per heavy atom. The van der Waals surface area contributed by atoms with Gasteiger partial charge in [0, 0.05) is 30.3 Å². The van der Waals surface area contributed by atoms with E-state index in [2.05, 4.69) is 15.6 Å². The predicted molar refractivity (Wildman–Crippen MR) is 134 cm³/mol. The van der Waals surface area contributed by atoms with E-state index in [1.54, 1.807) is 41.5 Å². The van der Waals surface area contributed by atoms with Crippen LogP contribution in [0.25, 0.3) is 0 Å². The molecule has 0 aliphatic carbocycles. The van der Waals surface area contributed by atoms with E-state index in [9.17, 15) is 24.5 Å². The van der Waals surface area contributed by atoms with Gasteiger partial charge >= 0.3 is 17.9 Å². The number of rotatable bonds is 10. The van der Waals surface area contributed by atoms with E-state index in [4.69, 9.17) is 9.47 Å². The van der Waals surface area contributed by atoms with Gasteiger partial charge in [0.15, 0.2) is 5.03 Å². The molecule has 0 saturated carbocycles. The first-order chi connectivity index (χ1) is 15.7. The molecular weight excluding hydrogens is 504 g/mol. The van der Waals surface area contributed by atoms with Gasteiger partial charge in [0.05, 0.1) is 4.92 Å². The maximum atomic E-state index is 12.7. The van der Waals surface area contributed by atoms with Crippen LogP contribution >= 0.6 is 33.3 Å². The highest BCUT2D eigenvalue weighted by Gasteiger charge is 2.26. The quantitative estimate of drug-likeness (QED) is 0.190. The minimum atomic E-state index is -0.929. The fraction of sp³-hybridized carbons (Fsp3) is 0.600. The fourth-order valence-electron chi connectivity index (χ4n) is 2.08. The van der Waals surface area contributed by atoms with Gasteiger partial charge in [-0.05, 0) is 58.4 Å². The van der Waals surface area contributed by atoms with E-state index in [0.29, 0.717) is 0 Å². The number of hydrogen-bond donors (Lipinski definition) is 2. The SMILES string of the molecule is CC(C)(C)OC(=O)NCCSC(=O)[C@H](CSSc1ncccc1[N+](=O)[O-])NC(=O)OC(C)(C)C. The average molecular weight is 535 g/mol. The Hall–Kier alpha value is -2.19. The third kappa shape index (κ3) is 12.9. The third-order valence-corrected chi connectivity index (χ3v) is 6.58. The Kier molecular flexibility index (Phi) is 12.0. The van der Waals surface area contributed by atoms with Crippen molar-refractivity contribution in [1.29, 1.82) is 0 Å². The molecule has 2 amide bonds. The van der Waals surface area contributed by atoms with Crippen molar-refractivity contribution in [3.05, 3.63) is 28.4 Å². The van der Waals surface area contributed by atoms with E-state index in [1.807, 2.05) is 0 Å². The molecule has 1 heterocycles. The van der Waals surface area contributed by atoms with Crippen LogP contribution in [0.5, 0.6) is 0 Å². The Balaban J connectivity index is 2.69. The summed E-state index contributed by atoms with van der Waals surface area (Å²) >= 11 is 0.933. The molecule has 1 aromatic rings. The van der Waals surface area contributed by atoms with Crippen molar-refractivity contribution < 1.29 is 28.8 Å². The Morgan fingerprint density at radius 1 is 1.12 bits per heavy atom. The molecule has 0 aliphatic heterocycles. The molecule has 34 heavy (non-hydrogen) atoms. The molecule has 1 atom stereocenters. The lowest BCUT2D eigenvalue weighted by Gasteiger charge is -2.22. The Morgan fingerprint density at radius 2 is 1.74 bits per heavy atom. The molecule has 1 aromatic heterocycles. The normalized spacial score (nSPS) is 12.4. The molecule has 0 aliphatic rings. The fourth-order valence-corrected chi connectivity index (χ4v) is 5.15. The standard InChI is InChI=1S/C20H30N4O7S3/c1-19(2,3)30-17(26)22-10-11-32-16(25)13(23-18(27)31-20(4,5)6)12-33-34-15-14(24(28)29)8-7-9-21-15/h7-9,13H,10-12H2,1-6H3,(H,22,26)(H,23,27)/t13-/m0/s1. The molecule has 0 radical (unpaired) electrons. The molecule has 0 bridgehead atoms. The summed E-state index contributed by atoms with van der Waals surface area (Å²) in [4.78, 5) is 51.3. The molecule has 0 saturated heterocycles. The van der Waals surface area contributed by atoms with Gasteiger partial charge in [-0.15, -0.1) is 0 Å². The van der Waals surface area contributed by atoms with Crippen LogP contribution in [0.2, 0.25) is 0 Å². The summed E-state index contributed by atoms with van der Waals surface area (Å²) < 4.78 is 10.4. The first kappa shape index (κ1) is 29.8. The number of ether oxygens (including phenoxy) is 2. The average Bonchev–Trinajstić information content (AvgIpc) is 2.67. The second-order valence-electron chi connectivity index (χ2n) is 8.75. The number of nitrogens with zero attached hydrogens (tertiary/aromatic N) is 2. The van der Waals surface area contributed by atoms with Crippen molar-refractivity contribution >= 4 is 56.3 Å². The van der Waals surface area contributed by atoms with Gasteiger partial charge in [-0.2, -0.15) is 0 Å². The van der Waals surface area contributed by atoms with Gasteiger partial charge in [0.1, 0.15) is 17.2 Å². The number of alkyl carbamates (subject to hydrolysis) is 2. The summed E-state index contributed by atoms with van der Waals surface area (Å²) in [6.45, 7) is 10.5. The molecule has 14 heteroatoms. The van der Waals surface area contributed by atoms with Crippen LogP contribution in [-0.4, -0.2) is 62.5 Å². The van der Waals surface area contributed by atoms with Crippen LogP contribution in [0.15, 0.2) is 23.4 Å². The molecule has 1 rings (SSSR count).